The third kappa shape index (κ3) is 1.49. The van der Waals surface area contributed by atoms with Crippen LogP contribution in [0.4, 0.5) is 4.39 Å². The first-order valence-electron chi connectivity index (χ1n) is 2.73. The zero-order valence-corrected chi connectivity index (χ0v) is 6.89. The van der Waals surface area contributed by atoms with Crippen LogP contribution in [0.25, 0.3) is 0 Å². The van der Waals surface area contributed by atoms with E-state index in [-0.39, 0.29) is 5.56 Å². The van der Waals surface area contributed by atoms with E-state index in [4.69, 9.17) is 10.4 Å². The molecule has 0 aliphatic heterocycles. The Morgan fingerprint density at radius 1 is 1.55 bits per heavy atom. The van der Waals surface area contributed by atoms with Crippen LogP contribution >= 0.6 is 15.9 Å². The number of phenolic OH excluding ortho intramolecular Hbond substituents is 1. The fourth-order valence-corrected chi connectivity index (χ4v) is 1.04. The van der Waals surface area contributed by atoms with Gasteiger partial charge in [0.05, 0.1) is 5.56 Å². The molecular weight excluding hydrogens is 213 g/mol. The van der Waals surface area contributed by atoms with Gasteiger partial charge in [-0.05, 0) is 28.1 Å². The zero-order chi connectivity index (χ0) is 8.43. The number of nitriles is 1. The average molecular weight is 216 g/mol. The molecule has 56 valence electrons. The van der Waals surface area contributed by atoms with Crippen LogP contribution in [0.1, 0.15) is 5.56 Å². The van der Waals surface area contributed by atoms with Crippen molar-refractivity contribution in [3.05, 3.63) is 28.0 Å². The van der Waals surface area contributed by atoms with Gasteiger partial charge in [-0.2, -0.15) is 5.26 Å². The van der Waals surface area contributed by atoms with Gasteiger partial charge in [0, 0.05) is 4.47 Å². The molecule has 0 aliphatic carbocycles. The van der Waals surface area contributed by atoms with Gasteiger partial charge < -0.3 is 5.11 Å². The van der Waals surface area contributed by atoms with Crippen molar-refractivity contribution in [1.29, 1.82) is 5.26 Å². The second kappa shape index (κ2) is 2.89. The van der Waals surface area contributed by atoms with Gasteiger partial charge in [0.25, 0.3) is 0 Å². The van der Waals surface area contributed by atoms with Crippen molar-refractivity contribution in [1.82, 2.24) is 0 Å². The molecule has 0 aromatic heterocycles. The van der Waals surface area contributed by atoms with Crippen molar-refractivity contribution in [2.75, 3.05) is 0 Å². The fourth-order valence-electron chi connectivity index (χ4n) is 0.622. The maximum absolute atomic E-state index is 12.5. The maximum atomic E-state index is 12.5. The Morgan fingerprint density at radius 2 is 2.18 bits per heavy atom. The molecule has 1 rings (SSSR count). The van der Waals surface area contributed by atoms with Crippen molar-refractivity contribution in [3.8, 4) is 11.8 Å². The predicted molar refractivity (Wildman–Crippen MR) is 40.5 cm³/mol. The molecule has 1 aromatic rings. The van der Waals surface area contributed by atoms with Gasteiger partial charge in [0.2, 0.25) is 0 Å². The lowest BCUT2D eigenvalue weighted by molar-refractivity contribution is 0.432. The second-order valence-electron chi connectivity index (χ2n) is 1.90. The van der Waals surface area contributed by atoms with Crippen LogP contribution in [0.5, 0.6) is 5.75 Å². The third-order valence-corrected chi connectivity index (χ3v) is 1.81. The minimum Gasteiger partial charge on any atom is -0.505 e. The Kier molecular flexibility index (Phi) is 2.11. The summed E-state index contributed by atoms with van der Waals surface area (Å²) in [6.07, 6.45) is 0. The van der Waals surface area contributed by atoms with Crippen LogP contribution < -0.4 is 0 Å². The molecule has 0 fully saturated rings. The first-order chi connectivity index (χ1) is 5.15. The predicted octanol–water partition coefficient (Wildman–Crippen LogP) is 2.17. The van der Waals surface area contributed by atoms with Crippen molar-refractivity contribution < 1.29 is 9.50 Å². The summed E-state index contributed by atoms with van der Waals surface area (Å²) in [4.78, 5) is 0. The van der Waals surface area contributed by atoms with Crippen LogP contribution in [-0.2, 0) is 0 Å². The molecule has 4 heteroatoms. The summed E-state index contributed by atoms with van der Waals surface area (Å²) in [6, 6.07) is 3.88. The van der Waals surface area contributed by atoms with Crippen LogP contribution in [0.15, 0.2) is 16.6 Å². The number of halogens is 2. The number of hydrogen-bond acceptors (Lipinski definition) is 2. The van der Waals surface area contributed by atoms with Gasteiger partial charge in [0.15, 0.2) is 11.6 Å². The Hall–Kier alpha value is -1.08. The van der Waals surface area contributed by atoms with E-state index in [1.165, 1.54) is 0 Å². The Bertz CT molecular complexity index is 332. The first-order valence-corrected chi connectivity index (χ1v) is 3.52. The van der Waals surface area contributed by atoms with E-state index < -0.39 is 11.6 Å². The van der Waals surface area contributed by atoms with E-state index in [1.807, 2.05) is 0 Å². The third-order valence-electron chi connectivity index (χ3n) is 1.16. The molecule has 0 spiro atoms. The summed E-state index contributed by atoms with van der Waals surface area (Å²) in [5, 5.41) is 17.2. The van der Waals surface area contributed by atoms with E-state index >= 15 is 0 Å². The topological polar surface area (TPSA) is 44.0 Å². The van der Waals surface area contributed by atoms with Gasteiger partial charge in [0.1, 0.15) is 6.07 Å². The normalized spacial score (nSPS) is 9.18. The molecule has 0 aliphatic rings. The standard InChI is InChI=1S/C7H3BrFNO/c8-5-2-7(11)6(9)1-4(5)3-10/h1-2,11H. The number of rotatable bonds is 0. The van der Waals surface area contributed by atoms with Crippen LogP contribution in [-0.4, -0.2) is 5.11 Å². The van der Waals surface area contributed by atoms with Crippen LogP contribution in [0.2, 0.25) is 0 Å². The van der Waals surface area contributed by atoms with Crippen LogP contribution in [0.3, 0.4) is 0 Å². The smallest absolute Gasteiger partial charge is 0.166 e. The van der Waals surface area contributed by atoms with Gasteiger partial charge in [-0.3, -0.25) is 0 Å². The Labute approximate surface area is 71.0 Å². The minimum atomic E-state index is -0.787. The highest BCUT2D eigenvalue weighted by Gasteiger charge is 2.05. The SMILES string of the molecule is N#Cc1cc(F)c(O)cc1Br. The summed E-state index contributed by atoms with van der Waals surface area (Å²) in [6.45, 7) is 0. The summed E-state index contributed by atoms with van der Waals surface area (Å²) in [7, 11) is 0. The molecule has 0 unspecified atom stereocenters. The van der Waals surface area contributed by atoms with E-state index in [9.17, 15) is 4.39 Å². The number of nitrogens with zero attached hydrogens (tertiary/aromatic N) is 1. The van der Waals surface area contributed by atoms with Crippen molar-refractivity contribution in [2.24, 2.45) is 0 Å². The molecule has 2 nitrogen and oxygen atoms in total. The average Bonchev–Trinajstić information content (AvgIpc) is 1.97. The van der Waals surface area contributed by atoms with Crippen molar-refractivity contribution in [3.63, 3.8) is 0 Å². The number of hydrogen-bond donors (Lipinski definition) is 1. The van der Waals surface area contributed by atoms with Crippen molar-refractivity contribution >= 4 is 15.9 Å². The monoisotopic (exact) mass is 215 g/mol. The molecule has 0 bridgehead atoms. The Balaban J connectivity index is 3.35. The summed E-state index contributed by atoms with van der Waals surface area (Å²) >= 11 is 2.99. The molecule has 1 N–H and O–H groups in total. The van der Waals surface area contributed by atoms with Crippen LogP contribution in [0, 0.1) is 17.1 Å². The molecule has 0 heterocycles. The molecule has 0 radical (unpaired) electrons. The minimum absolute atomic E-state index is 0.167. The van der Waals surface area contributed by atoms with E-state index in [2.05, 4.69) is 15.9 Å². The number of phenols is 1. The summed E-state index contributed by atoms with van der Waals surface area (Å²) < 4.78 is 12.9. The van der Waals surface area contributed by atoms with E-state index in [0.29, 0.717) is 4.47 Å². The fraction of sp³-hybridized carbons (Fsp3) is 0. The van der Waals surface area contributed by atoms with Crippen molar-refractivity contribution in [2.45, 2.75) is 0 Å². The van der Waals surface area contributed by atoms with E-state index in [1.54, 1.807) is 6.07 Å². The summed E-state index contributed by atoms with van der Waals surface area (Å²) in [5.74, 6) is -1.25. The molecule has 0 saturated heterocycles. The largest absolute Gasteiger partial charge is 0.505 e. The number of aromatic hydroxyl groups is 1. The highest BCUT2D eigenvalue weighted by Crippen LogP contribution is 2.24. The quantitative estimate of drug-likeness (QED) is 0.722. The molecule has 0 saturated carbocycles. The zero-order valence-electron chi connectivity index (χ0n) is 5.31. The molecule has 0 atom stereocenters. The second-order valence-corrected chi connectivity index (χ2v) is 2.75. The highest BCUT2D eigenvalue weighted by molar-refractivity contribution is 9.10. The lowest BCUT2D eigenvalue weighted by Gasteiger charge is -1.97. The van der Waals surface area contributed by atoms with Gasteiger partial charge in [-0.1, -0.05) is 0 Å². The lowest BCUT2D eigenvalue weighted by Crippen LogP contribution is -1.81. The summed E-state index contributed by atoms with van der Waals surface area (Å²) in [5.41, 5.74) is 0.167. The molecule has 1 aromatic carbocycles. The molecule has 11 heavy (non-hydrogen) atoms. The highest BCUT2D eigenvalue weighted by atomic mass is 79.9. The maximum Gasteiger partial charge on any atom is 0.166 e. The molecular formula is C7H3BrFNO. The van der Waals surface area contributed by atoms with E-state index in [0.717, 1.165) is 12.1 Å². The lowest BCUT2D eigenvalue weighted by atomic mass is 10.2. The van der Waals surface area contributed by atoms with Gasteiger partial charge in [-0.15, -0.1) is 0 Å². The first kappa shape index (κ1) is 8.02. The molecule has 0 amide bonds. The van der Waals surface area contributed by atoms with Gasteiger partial charge in [-0.25, -0.2) is 4.39 Å². The van der Waals surface area contributed by atoms with Gasteiger partial charge >= 0.3 is 0 Å². The number of benzene rings is 1. The Morgan fingerprint density at radius 3 is 2.73 bits per heavy atom.